The summed E-state index contributed by atoms with van der Waals surface area (Å²) in [5, 5.41) is 3.65. The van der Waals surface area contributed by atoms with Crippen molar-refractivity contribution in [3.8, 4) is 0 Å². The quantitative estimate of drug-likeness (QED) is 0.877. The fraction of sp³-hybridized carbons (Fsp3) is 0.625. The van der Waals surface area contributed by atoms with E-state index in [1.54, 1.807) is 12.1 Å². The third-order valence-corrected chi connectivity index (χ3v) is 4.40. The molecule has 1 saturated heterocycles. The van der Waals surface area contributed by atoms with E-state index in [9.17, 15) is 4.39 Å². The molecule has 0 spiro atoms. The summed E-state index contributed by atoms with van der Waals surface area (Å²) in [6, 6.07) is 9.09. The number of rotatable bonds is 5. The molecule has 19 heavy (non-hydrogen) atoms. The first-order valence-corrected chi connectivity index (χ1v) is 7.46. The van der Waals surface area contributed by atoms with Crippen LogP contribution < -0.4 is 5.32 Å². The van der Waals surface area contributed by atoms with Gasteiger partial charge in [0.15, 0.2) is 0 Å². The second kappa shape index (κ2) is 5.59. The predicted octanol–water partition coefficient (Wildman–Crippen LogP) is 2.58. The zero-order chi connectivity index (χ0) is 13.2. The maximum Gasteiger partial charge on any atom is 0.123 e. The number of benzene rings is 1. The monoisotopic (exact) mass is 262 g/mol. The second-order valence-electron chi connectivity index (χ2n) is 6.04. The summed E-state index contributed by atoms with van der Waals surface area (Å²) in [5.74, 6) is -0.151. The van der Waals surface area contributed by atoms with Crippen LogP contribution in [0.2, 0.25) is 0 Å². The van der Waals surface area contributed by atoms with Gasteiger partial charge in [0.2, 0.25) is 0 Å². The van der Waals surface area contributed by atoms with E-state index in [0.717, 1.165) is 25.0 Å². The molecule has 104 valence electrons. The van der Waals surface area contributed by atoms with Gasteiger partial charge in [0, 0.05) is 24.7 Å². The van der Waals surface area contributed by atoms with E-state index in [1.165, 1.54) is 31.4 Å². The number of nitrogens with zero attached hydrogens (tertiary/aromatic N) is 1. The number of halogens is 1. The summed E-state index contributed by atoms with van der Waals surface area (Å²) in [5.41, 5.74) is 1.21. The zero-order valence-corrected chi connectivity index (χ0v) is 11.6. The molecule has 0 aromatic heterocycles. The number of hydrogen-bond acceptors (Lipinski definition) is 2. The first kappa shape index (κ1) is 13.1. The van der Waals surface area contributed by atoms with Crippen LogP contribution in [0.1, 0.15) is 31.7 Å². The first-order chi connectivity index (χ1) is 9.22. The van der Waals surface area contributed by atoms with Crippen molar-refractivity contribution < 1.29 is 4.39 Å². The lowest BCUT2D eigenvalue weighted by atomic mass is 10.1. The van der Waals surface area contributed by atoms with E-state index in [2.05, 4.69) is 17.1 Å². The van der Waals surface area contributed by atoms with Crippen molar-refractivity contribution >= 4 is 0 Å². The van der Waals surface area contributed by atoms with Gasteiger partial charge in [-0.05, 0) is 56.8 Å². The first-order valence-electron chi connectivity index (χ1n) is 7.46. The maximum atomic E-state index is 12.8. The minimum Gasteiger partial charge on any atom is -0.312 e. The molecule has 1 aliphatic carbocycles. The minimum absolute atomic E-state index is 0.151. The van der Waals surface area contributed by atoms with Crippen LogP contribution >= 0.6 is 0 Å². The third-order valence-electron chi connectivity index (χ3n) is 4.40. The lowest BCUT2D eigenvalue weighted by Gasteiger charge is -2.19. The molecule has 2 fully saturated rings. The van der Waals surface area contributed by atoms with E-state index in [-0.39, 0.29) is 5.82 Å². The van der Waals surface area contributed by atoms with Crippen LogP contribution in [0.3, 0.4) is 0 Å². The zero-order valence-electron chi connectivity index (χ0n) is 11.6. The van der Waals surface area contributed by atoms with Gasteiger partial charge in [-0.25, -0.2) is 4.39 Å². The van der Waals surface area contributed by atoms with Crippen LogP contribution in [0.4, 0.5) is 4.39 Å². The molecule has 1 heterocycles. The van der Waals surface area contributed by atoms with E-state index >= 15 is 0 Å². The van der Waals surface area contributed by atoms with Gasteiger partial charge in [-0.15, -0.1) is 0 Å². The Morgan fingerprint density at radius 3 is 2.68 bits per heavy atom. The topological polar surface area (TPSA) is 15.3 Å². The van der Waals surface area contributed by atoms with E-state index < -0.39 is 0 Å². The Hall–Kier alpha value is -0.930. The molecule has 2 unspecified atom stereocenters. The van der Waals surface area contributed by atoms with Crippen LogP contribution in [0.15, 0.2) is 24.3 Å². The van der Waals surface area contributed by atoms with Crippen molar-refractivity contribution in [2.75, 3.05) is 13.1 Å². The molecule has 1 N–H and O–H groups in total. The summed E-state index contributed by atoms with van der Waals surface area (Å²) in [6.07, 6.45) is 5.04. The molecule has 0 bridgehead atoms. The van der Waals surface area contributed by atoms with Gasteiger partial charge in [-0.1, -0.05) is 12.1 Å². The van der Waals surface area contributed by atoms with Crippen LogP contribution in [0, 0.1) is 5.82 Å². The smallest absolute Gasteiger partial charge is 0.123 e. The van der Waals surface area contributed by atoms with Crippen LogP contribution in [0.25, 0.3) is 0 Å². The van der Waals surface area contributed by atoms with E-state index in [4.69, 9.17) is 0 Å². The Balaban J connectivity index is 1.42. The Labute approximate surface area is 115 Å². The lowest BCUT2D eigenvalue weighted by molar-refractivity contribution is 0.255. The summed E-state index contributed by atoms with van der Waals surface area (Å²) in [4.78, 5) is 2.66. The molecular weight excluding hydrogens is 239 g/mol. The Morgan fingerprint density at radius 1 is 1.26 bits per heavy atom. The molecule has 0 amide bonds. The maximum absolute atomic E-state index is 12.8. The molecule has 3 heteroatoms. The Bertz CT molecular complexity index is 413. The molecule has 0 radical (unpaired) electrons. The highest BCUT2D eigenvalue weighted by Crippen LogP contribution is 2.33. The van der Waals surface area contributed by atoms with Gasteiger partial charge < -0.3 is 5.32 Å². The molecule has 2 aliphatic rings. The van der Waals surface area contributed by atoms with Gasteiger partial charge >= 0.3 is 0 Å². The van der Waals surface area contributed by atoms with Crippen molar-refractivity contribution in [1.29, 1.82) is 0 Å². The van der Waals surface area contributed by atoms with Crippen molar-refractivity contribution in [2.45, 2.75) is 50.7 Å². The highest BCUT2D eigenvalue weighted by Gasteiger charge is 2.38. The summed E-state index contributed by atoms with van der Waals surface area (Å²) >= 11 is 0. The molecule has 1 aliphatic heterocycles. The number of hydrogen-bond donors (Lipinski definition) is 1. The SMILES string of the molecule is CC1CC(NCCc2ccc(F)cc2)CN1C1CC1. The Kier molecular flexibility index (Phi) is 3.85. The van der Waals surface area contributed by atoms with Crippen molar-refractivity contribution in [2.24, 2.45) is 0 Å². The highest BCUT2D eigenvalue weighted by molar-refractivity contribution is 5.16. The van der Waals surface area contributed by atoms with Crippen molar-refractivity contribution in [3.05, 3.63) is 35.6 Å². The molecule has 1 aromatic carbocycles. The second-order valence-corrected chi connectivity index (χ2v) is 6.04. The van der Waals surface area contributed by atoms with Crippen molar-refractivity contribution in [1.82, 2.24) is 10.2 Å². The lowest BCUT2D eigenvalue weighted by Crippen LogP contribution is -2.35. The number of nitrogens with one attached hydrogen (secondary N) is 1. The summed E-state index contributed by atoms with van der Waals surface area (Å²) in [7, 11) is 0. The van der Waals surface area contributed by atoms with Gasteiger partial charge in [0.1, 0.15) is 5.82 Å². The minimum atomic E-state index is -0.151. The van der Waals surface area contributed by atoms with E-state index in [0.29, 0.717) is 6.04 Å². The van der Waals surface area contributed by atoms with Crippen LogP contribution in [0.5, 0.6) is 0 Å². The van der Waals surface area contributed by atoms with Gasteiger partial charge in [-0.3, -0.25) is 4.90 Å². The van der Waals surface area contributed by atoms with Gasteiger partial charge in [0.05, 0.1) is 0 Å². The normalized spacial score (nSPS) is 27.9. The van der Waals surface area contributed by atoms with Gasteiger partial charge in [0.25, 0.3) is 0 Å². The standard InChI is InChI=1S/C16H23FN2/c1-12-10-15(11-19(12)16-6-7-16)18-9-8-13-2-4-14(17)5-3-13/h2-5,12,15-16,18H,6-11H2,1H3. The fourth-order valence-corrected chi connectivity index (χ4v) is 3.19. The average Bonchev–Trinajstić information content (AvgIpc) is 3.17. The molecule has 3 rings (SSSR count). The summed E-state index contributed by atoms with van der Waals surface area (Å²) in [6.45, 7) is 4.54. The average molecular weight is 262 g/mol. The van der Waals surface area contributed by atoms with E-state index in [1.807, 2.05) is 12.1 Å². The fourth-order valence-electron chi connectivity index (χ4n) is 3.19. The third kappa shape index (κ3) is 3.34. The number of likely N-dealkylation sites (tertiary alicyclic amines) is 1. The van der Waals surface area contributed by atoms with Gasteiger partial charge in [-0.2, -0.15) is 0 Å². The predicted molar refractivity (Wildman–Crippen MR) is 75.7 cm³/mol. The summed E-state index contributed by atoms with van der Waals surface area (Å²) < 4.78 is 12.8. The molecular formula is C16H23FN2. The largest absolute Gasteiger partial charge is 0.312 e. The van der Waals surface area contributed by atoms with Crippen LogP contribution in [-0.2, 0) is 6.42 Å². The Morgan fingerprint density at radius 2 is 2.00 bits per heavy atom. The molecule has 1 aromatic rings. The molecule has 2 atom stereocenters. The van der Waals surface area contributed by atoms with Crippen molar-refractivity contribution in [3.63, 3.8) is 0 Å². The van der Waals surface area contributed by atoms with Crippen LogP contribution in [-0.4, -0.2) is 36.1 Å². The molecule has 2 nitrogen and oxygen atoms in total. The molecule has 1 saturated carbocycles. The highest BCUT2D eigenvalue weighted by atomic mass is 19.1.